The third-order valence-electron chi connectivity index (χ3n) is 1.84. The van der Waals surface area contributed by atoms with Gasteiger partial charge in [-0.15, -0.1) is 6.58 Å². The van der Waals surface area contributed by atoms with Crippen molar-refractivity contribution in [3.05, 3.63) is 36.2 Å². The van der Waals surface area contributed by atoms with Crippen molar-refractivity contribution in [2.45, 2.75) is 19.4 Å². The second kappa shape index (κ2) is 2.55. The van der Waals surface area contributed by atoms with Crippen LogP contribution in [0.3, 0.4) is 0 Å². The van der Waals surface area contributed by atoms with Crippen LogP contribution in [0.15, 0.2) is 24.8 Å². The van der Waals surface area contributed by atoms with E-state index in [9.17, 15) is 0 Å². The number of aryl methyl sites for hydroxylation is 1. The Labute approximate surface area is 67.1 Å². The lowest BCUT2D eigenvalue weighted by molar-refractivity contribution is 0.611. The molecule has 0 aliphatic heterocycles. The molecule has 1 aromatic heterocycles. The van der Waals surface area contributed by atoms with E-state index in [0.717, 1.165) is 11.4 Å². The van der Waals surface area contributed by atoms with Gasteiger partial charge in [-0.25, -0.2) is 0 Å². The molecule has 0 saturated heterocycles. The van der Waals surface area contributed by atoms with E-state index in [1.54, 1.807) is 6.08 Å². The summed E-state index contributed by atoms with van der Waals surface area (Å²) in [4.78, 5) is 3.17. The van der Waals surface area contributed by atoms with Crippen molar-refractivity contribution in [1.29, 1.82) is 0 Å². The number of rotatable bonds is 2. The Morgan fingerprint density at radius 1 is 1.64 bits per heavy atom. The molecule has 0 fully saturated rings. The SMILES string of the molecule is C=CC(C)(N)c1ccc(C)[nH]1. The summed E-state index contributed by atoms with van der Waals surface area (Å²) in [6, 6.07) is 3.99. The third kappa shape index (κ3) is 1.52. The molecular weight excluding hydrogens is 136 g/mol. The molecule has 1 heterocycles. The van der Waals surface area contributed by atoms with Gasteiger partial charge < -0.3 is 10.7 Å². The summed E-state index contributed by atoms with van der Waals surface area (Å²) in [5.41, 5.74) is 7.59. The minimum absolute atomic E-state index is 0.436. The normalized spacial score (nSPS) is 15.9. The summed E-state index contributed by atoms with van der Waals surface area (Å²) >= 11 is 0. The topological polar surface area (TPSA) is 41.8 Å². The number of hydrogen-bond donors (Lipinski definition) is 2. The molecular formula is C9H14N2. The fourth-order valence-electron chi connectivity index (χ4n) is 0.928. The van der Waals surface area contributed by atoms with Gasteiger partial charge in [0, 0.05) is 11.4 Å². The first-order valence-electron chi connectivity index (χ1n) is 3.65. The number of hydrogen-bond acceptors (Lipinski definition) is 1. The molecule has 2 nitrogen and oxygen atoms in total. The lowest BCUT2D eigenvalue weighted by atomic mass is 10.0. The zero-order chi connectivity index (χ0) is 8.48. The van der Waals surface area contributed by atoms with E-state index in [0.29, 0.717) is 0 Å². The summed E-state index contributed by atoms with van der Waals surface area (Å²) < 4.78 is 0. The van der Waals surface area contributed by atoms with Crippen molar-refractivity contribution >= 4 is 0 Å². The number of aromatic nitrogens is 1. The summed E-state index contributed by atoms with van der Waals surface area (Å²) in [6.07, 6.45) is 1.73. The third-order valence-corrected chi connectivity index (χ3v) is 1.84. The maximum absolute atomic E-state index is 5.90. The van der Waals surface area contributed by atoms with Gasteiger partial charge in [0.2, 0.25) is 0 Å². The molecule has 1 atom stereocenters. The Bertz CT molecular complexity index is 258. The molecule has 0 aliphatic carbocycles. The Morgan fingerprint density at radius 3 is 2.64 bits per heavy atom. The summed E-state index contributed by atoms with van der Waals surface area (Å²) in [5.74, 6) is 0. The zero-order valence-electron chi connectivity index (χ0n) is 7.02. The van der Waals surface area contributed by atoms with Crippen LogP contribution in [0.25, 0.3) is 0 Å². The first kappa shape index (κ1) is 8.08. The molecule has 0 aliphatic rings. The molecule has 0 spiro atoms. The fourth-order valence-corrected chi connectivity index (χ4v) is 0.928. The van der Waals surface area contributed by atoms with E-state index in [2.05, 4.69) is 11.6 Å². The Morgan fingerprint density at radius 2 is 2.27 bits per heavy atom. The highest BCUT2D eigenvalue weighted by Crippen LogP contribution is 2.17. The van der Waals surface area contributed by atoms with Gasteiger partial charge >= 0.3 is 0 Å². The predicted octanol–water partition coefficient (Wildman–Crippen LogP) is 1.68. The number of H-pyrrole nitrogens is 1. The highest BCUT2D eigenvalue weighted by Gasteiger charge is 2.17. The molecule has 1 aromatic rings. The molecule has 0 amide bonds. The zero-order valence-corrected chi connectivity index (χ0v) is 7.02. The highest BCUT2D eigenvalue weighted by atomic mass is 14.8. The van der Waals surface area contributed by atoms with Crippen molar-refractivity contribution in [3.8, 4) is 0 Å². The summed E-state index contributed by atoms with van der Waals surface area (Å²) in [7, 11) is 0. The van der Waals surface area contributed by atoms with E-state index < -0.39 is 5.54 Å². The number of nitrogens with one attached hydrogen (secondary N) is 1. The lowest BCUT2D eigenvalue weighted by Crippen LogP contribution is -2.30. The van der Waals surface area contributed by atoms with Crippen LogP contribution in [0, 0.1) is 6.92 Å². The van der Waals surface area contributed by atoms with Gasteiger partial charge in [0.05, 0.1) is 5.54 Å². The Kier molecular flexibility index (Phi) is 1.87. The van der Waals surface area contributed by atoms with Crippen LogP contribution in [-0.2, 0) is 5.54 Å². The van der Waals surface area contributed by atoms with Gasteiger partial charge in [0.25, 0.3) is 0 Å². The van der Waals surface area contributed by atoms with Crippen LogP contribution in [-0.4, -0.2) is 4.98 Å². The minimum Gasteiger partial charge on any atom is -0.361 e. The van der Waals surface area contributed by atoms with Crippen molar-refractivity contribution in [2.75, 3.05) is 0 Å². The van der Waals surface area contributed by atoms with Crippen LogP contribution in [0.2, 0.25) is 0 Å². The second-order valence-corrected chi connectivity index (χ2v) is 3.04. The average molecular weight is 150 g/mol. The minimum atomic E-state index is -0.436. The molecule has 0 bridgehead atoms. The Hall–Kier alpha value is -1.02. The molecule has 1 unspecified atom stereocenters. The van der Waals surface area contributed by atoms with Gasteiger partial charge in [0.1, 0.15) is 0 Å². The molecule has 3 N–H and O–H groups in total. The van der Waals surface area contributed by atoms with Crippen LogP contribution < -0.4 is 5.73 Å². The maximum Gasteiger partial charge on any atom is 0.0715 e. The molecule has 0 radical (unpaired) electrons. The van der Waals surface area contributed by atoms with Crippen LogP contribution >= 0.6 is 0 Å². The number of nitrogens with two attached hydrogens (primary N) is 1. The molecule has 0 aromatic carbocycles. The molecule has 11 heavy (non-hydrogen) atoms. The largest absolute Gasteiger partial charge is 0.361 e. The number of aromatic amines is 1. The lowest BCUT2D eigenvalue weighted by Gasteiger charge is -2.17. The first-order valence-corrected chi connectivity index (χ1v) is 3.65. The molecule has 1 rings (SSSR count). The second-order valence-electron chi connectivity index (χ2n) is 3.04. The first-order chi connectivity index (χ1) is 5.06. The van der Waals surface area contributed by atoms with Gasteiger partial charge in [0.15, 0.2) is 0 Å². The maximum atomic E-state index is 5.90. The fraction of sp³-hybridized carbons (Fsp3) is 0.333. The monoisotopic (exact) mass is 150 g/mol. The Balaban J connectivity index is 3.01. The van der Waals surface area contributed by atoms with Crippen molar-refractivity contribution < 1.29 is 0 Å². The average Bonchev–Trinajstić information content (AvgIpc) is 2.36. The molecule has 0 saturated carbocycles. The van der Waals surface area contributed by atoms with Gasteiger partial charge in [-0.2, -0.15) is 0 Å². The standard InChI is InChI=1S/C9H14N2/c1-4-9(3,10)8-6-5-7(2)11-8/h4-6,11H,1,10H2,2-3H3. The van der Waals surface area contributed by atoms with Gasteiger partial charge in [-0.05, 0) is 26.0 Å². The van der Waals surface area contributed by atoms with Crippen molar-refractivity contribution in [1.82, 2.24) is 4.98 Å². The van der Waals surface area contributed by atoms with Crippen molar-refractivity contribution in [3.63, 3.8) is 0 Å². The highest BCUT2D eigenvalue weighted by molar-refractivity contribution is 5.23. The van der Waals surface area contributed by atoms with E-state index >= 15 is 0 Å². The molecule has 2 heteroatoms. The van der Waals surface area contributed by atoms with E-state index in [1.165, 1.54) is 0 Å². The van der Waals surface area contributed by atoms with Crippen LogP contribution in [0.4, 0.5) is 0 Å². The van der Waals surface area contributed by atoms with Crippen molar-refractivity contribution in [2.24, 2.45) is 5.73 Å². The quantitative estimate of drug-likeness (QED) is 0.619. The van der Waals surface area contributed by atoms with Crippen LogP contribution in [0.1, 0.15) is 18.3 Å². The van der Waals surface area contributed by atoms with Crippen LogP contribution in [0.5, 0.6) is 0 Å². The van der Waals surface area contributed by atoms with E-state index in [1.807, 2.05) is 26.0 Å². The predicted molar refractivity (Wildman–Crippen MR) is 47.3 cm³/mol. The van der Waals surface area contributed by atoms with E-state index in [-0.39, 0.29) is 0 Å². The summed E-state index contributed by atoms with van der Waals surface area (Å²) in [5, 5.41) is 0. The molecule has 60 valence electrons. The van der Waals surface area contributed by atoms with E-state index in [4.69, 9.17) is 5.73 Å². The summed E-state index contributed by atoms with van der Waals surface area (Å²) in [6.45, 7) is 7.60. The smallest absolute Gasteiger partial charge is 0.0715 e. The van der Waals surface area contributed by atoms with Gasteiger partial charge in [-0.3, -0.25) is 0 Å². The van der Waals surface area contributed by atoms with Gasteiger partial charge in [-0.1, -0.05) is 6.08 Å².